The highest BCUT2D eigenvalue weighted by atomic mass is 16.6. The first-order valence-corrected chi connectivity index (χ1v) is 12.7. The fourth-order valence-corrected chi connectivity index (χ4v) is 4.56. The predicted molar refractivity (Wildman–Crippen MR) is 132 cm³/mol. The molecular formula is C27H42N2O5. The van der Waals surface area contributed by atoms with Gasteiger partial charge < -0.3 is 20.5 Å². The van der Waals surface area contributed by atoms with Crippen molar-refractivity contribution in [1.29, 1.82) is 0 Å². The van der Waals surface area contributed by atoms with E-state index in [0.29, 0.717) is 25.9 Å². The molecule has 190 valence electrons. The second-order valence-corrected chi connectivity index (χ2v) is 9.58. The van der Waals surface area contributed by atoms with Crippen LogP contribution >= 0.6 is 0 Å². The highest BCUT2D eigenvalue weighted by Crippen LogP contribution is 2.34. The molecule has 2 amide bonds. The van der Waals surface area contributed by atoms with Crippen molar-refractivity contribution in [3.63, 3.8) is 0 Å². The molecule has 3 rings (SSSR count). The molecule has 0 bridgehead atoms. The summed E-state index contributed by atoms with van der Waals surface area (Å²) in [5.41, 5.74) is 1.81. The minimum Gasteiger partial charge on any atom is -0.394 e. The maximum atomic E-state index is 12.9. The van der Waals surface area contributed by atoms with Gasteiger partial charge >= 0.3 is 0 Å². The summed E-state index contributed by atoms with van der Waals surface area (Å²) >= 11 is 0. The van der Waals surface area contributed by atoms with Crippen molar-refractivity contribution >= 4 is 17.6 Å². The van der Waals surface area contributed by atoms with Crippen molar-refractivity contribution in [3.8, 4) is 0 Å². The summed E-state index contributed by atoms with van der Waals surface area (Å²) in [6.07, 6.45) is 4.04. The van der Waals surface area contributed by atoms with E-state index in [9.17, 15) is 19.5 Å². The molecule has 0 saturated carbocycles. The van der Waals surface area contributed by atoms with E-state index in [4.69, 9.17) is 4.74 Å². The van der Waals surface area contributed by atoms with Crippen molar-refractivity contribution in [2.45, 2.75) is 90.8 Å². The van der Waals surface area contributed by atoms with Crippen LogP contribution in [0.15, 0.2) is 24.3 Å². The van der Waals surface area contributed by atoms with Crippen molar-refractivity contribution in [2.24, 2.45) is 11.8 Å². The van der Waals surface area contributed by atoms with Crippen LogP contribution in [0.5, 0.6) is 0 Å². The van der Waals surface area contributed by atoms with Gasteiger partial charge in [-0.1, -0.05) is 58.9 Å². The summed E-state index contributed by atoms with van der Waals surface area (Å²) in [5.74, 6) is -0.537. The van der Waals surface area contributed by atoms with Gasteiger partial charge in [0.1, 0.15) is 6.04 Å². The molecule has 1 fully saturated rings. The third kappa shape index (κ3) is 7.37. The predicted octanol–water partition coefficient (Wildman–Crippen LogP) is 2.96. The Morgan fingerprint density at radius 1 is 1.12 bits per heavy atom. The van der Waals surface area contributed by atoms with Crippen LogP contribution in [-0.4, -0.2) is 53.6 Å². The Morgan fingerprint density at radius 3 is 2.32 bits per heavy atom. The van der Waals surface area contributed by atoms with Crippen molar-refractivity contribution in [3.05, 3.63) is 35.4 Å². The lowest BCUT2D eigenvalue weighted by atomic mass is 9.82. The lowest BCUT2D eigenvalue weighted by Crippen LogP contribution is -2.55. The number of Topliss-reactive ketones (excluding diaryl/α,β-unsaturated/α-hetero) is 1. The molecule has 7 heteroatoms. The second kappa shape index (κ2) is 13.0. The standard InChI is InChI=1S/C25H36N2O5.C2H6/c1-4-25(15-32-25)23(30)20(11-16(2)3)27-24(31)21(14-28)26-22(29)13-17-9-10-18-7-5-6-8-19(18)12-17;1-2/h5-8,16-17,20-21,28H,4,9-15H2,1-3H3,(H,26,29)(H,27,31);1-2H3. The van der Waals surface area contributed by atoms with Gasteiger partial charge in [-0.15, -0.1) is 0 Å². The Balaban J connectivity index is 0.00000199. The Labute approximate surface area is 204 Å². The average molecular weight is 475 g/mol. The number of ether oxygens (including phenoxy) is 1. The smallest absolute Gasteiger partial charge is 0.245 e. The molecule has 4 atom stereocenters. The van der Waals surface area contributed by atoms with Crippen LogP contribution in [0.1, 0.15) is 71.4 Å². The summed E-state index contributed by atoms with van der Waals surface area (Å²) in [7, 11) is 0. The number of ketones is 1. The Kier molecular flexibility index (Phi) is 10.7. The summed E-state index contributed by atoms with van der Waals surface area (Å²) < 4.78 is 5.39. The molecule has 0 spiro atoms. The molecule has 1 saturated heterocycles. The normalized spacial score (nSPS) is 22.5. The largest absolute Gasteiger partial charge is 0.394 e. The van der Waals surface area contributed by atoms with E-state index in [1.54, 1.807) is 0 Å². The van der Waals surface area contributed by atoms with Crippen molar-refractivity contribution in [2.75, 3.05) is 13.2 Å². The minimum absolute atomic E-state index is 0.133. The number of benzene rings is 1. The summed E-state index contributed by atoms with van der Waals surface area (Å²) in [6.45, 7) is 9.69. The fraction of sp³-hybridized carbons (Fsp3) is 0.667. The lowest BCUT2D eigenvalue weighted by molar-refractivity contribution is -0.134. The van der Waals surface area contributed by atoms with Gasteiger partial charge in [0, 0.05) is 6.42 Å². The maximum Gasteiger partial charge on any atom is 0.245 e. The molecule has 4 unspecified atom stereocenters. The van der Waals surface area contributed by atoms with E-state index < -0.39 is 30.2 Å². The number of carbonyl (C=O) groups excluding carboxylic acids is 3. The van der Waals surface area contributed by atoms with Crippen LogP contribution in [0.3, 0.4) is 0 Å². The van der Waals surface area contributed by atoms with Gasteiger partial charge in [0.05, 0.1) is 19.3 Å². The van der Waals surface area contributed by atoms with Crippen molar-refractivity contribution < 1.29 is 24.2 Å². The number of carbonyl (C=O) groups is 3. The summed E-state index contributed by atoms with van der Waals surface area (Å²) in [6, 6.07) is 6.48. The zero-order chi connectivity index (χ0) is 25.3. The Bertz CT molecular complexity index is 834. The number of fused-ring (bicyclic) bond motifs is 1. The van der Waals surface area contributed by atoms with Gasteiger partial charge in [-0.25, -0.2) is 0 Å². The quantitative estimate of drug-likeness (QED) is 0.428. The average Bonchev–Trinajstić information content (AvgIpc) is 3.64. The first-order chi connectivity index (χ1) is 16.3. The number of hydrogen-bond acceptors (Lipinski definition) is 5. The van der Waals surface area contributed by atoms with Crippen molar-refractivity contribution in [1.82, 2.24) is 10.6 Å². The van der Waals surface area contributed by atoms with E-state index >= 15 is 0 Å². The van der Waals surface area contributed by atoms with Crippen LogP contribution in [0.2, 0.25) is 0 Å². The SMILES string of the molecule is CC.CCC1(C(=O)C(CC(C)C)NC(=O)C(CO)NC(=O)CC2CCc3ccccc3C2)CO1. The van der Waals surface area contributed by atoms with E-state index in [1.807, 2.05) is 46.8 Å². The number of amides is 2. The van der Waals surface area contributed by atoms with Gasteiger partial charge in [0.2, 0.25) is 11.8 Å². The Morgan fingerprint density at radius 2 is 1.76 bits per heavy atom. The number of rotatable bonds is 11. The van der Waals surface area contributed by atoms with E-state index in [0.717, 1.165) is 19.3 Å². The lowest BCUT2D eigenvalue weighted by Gasteiger charge is -2.26. The number of aryl methyl sites for hydroxylation is 1. The first kappa shape index (κ1) is 28.0. The van der Waals surface area contributed by atoms with Crippen LogP contribution in [-0.2, 0) is 32.0 Å². The summed E-state index contributed by atoms with van der Waals surface area (Å²) in [4.78, 5) is 38.4. The van der Waals surface area contributed by atoms with Crippen LogP contribution in [0, 0.1) is 11.8 Å². The first-order valence-electron chi connectivity index (χ1n) is 12.7. The topological polar surface area (TPSA) is 108 Å². The molecule has 0 aromatic heterocycles. The molecule has 3 N–H and O–H groups in total. The highest BCUT2D eigenvalue weighted by Gasteiger charge is 2.52. The van der Waals surface area contributed by atoms with Crippen LogP contribution in [0.4, 0.5) is 0 Å². The number of epoxide rings is 1. The summed E-state index contributed by atoms with van der Waals surface area (Å²) in [5, 5.41) is 15.2. The van der Waals surface area contributed by atoms with Crippen LogP contribution in [0.25, 0.3) is 0 Å². The number of aliphatic hydroxyl groups is 1. The molecule has 7 nitrogen and oxygen atoms in total. The van der Waals surface area contributed by atoms with Crippen LogP contribution < -0.4 is 10.6 Å². The Hall–Kier alpha value is -2.25. The number of nitrogens with one attached hydrogen (secondary N) is 2. The van der Waals surface area contributed by atoms with E-state index in [1.165, 1.54) is 11.1 Å². The minimum atomic E-state index is -1.08. The number of aliphatic hydroxyl groups excluding tert-OH is 1. The molecule has 1 aromatic rings. The van der Waals surface area contributed by atoms with Gasteiger partial charge in [-0.2, -0.15) is 0 Å². The van der Waals surface area contributed by atoms with Gasteiger partial charge in [-0.05, 0) is 55.1 Å². The van der Waals surface area contributed by atoms with E-state index in [-0.39, 0.29) is 23.5 Å². The molecule has 34 heavy (non-hydrogen) atoms. The zero-order valence-electron chi connectivity index (χ0n) is 21.4. The molecule has 2 aliphatic rings. The monoisotopic (exact) mass is 474 g/mol. The maximum absolute atomic E-state index is 12.9. The highest BCUT2D eigenvalue weighted by molar-refractivity contribution is 5.98. The molecule has 0 radical (unpaired) electrons. The molecule has 1 heterocycles. The fourth-order valence-electron chi connectivity index (χ4n) is 4.56. The van der Waals surface area contributed by atoms with Gasteiger partial charge in [0.25, 0.3) is 0 Å². The molecule has 1 aliphatic carbocycles. The molecular weight excluding hydrogens is 432 g/mol. The number of hydrogen-bond donors (Lipinski definition) is 3. The third-order valence-electron chi connectivity index (χ3n) is 6.61. The molecule has 1 aromatic carbocycles. The van der Waals surface area contributed by atoms with Gasteiger partial charge in [0.15, 0.2) is 11.4 Å². The molecule has 1 aliphatic heterocycles. The zero-order valence-corrected chi connectivity index (χ0v) is 21.4. The third-order valence-corrected chi connectivity index (χ3v) is 6.61. The van der Waals surface area contributed by atoms with Gasteiger partial charge in [-0.3, -0.25) is 14.4 Å². The second-order valence-electron chi connectivity index (χ2n) is 9.58. The van der Waals surface area contributed by atoms with E-state index in [2.05, 4.69) is 22.8 Å².